The minimum Gasteiger partial charge on any atom is -0.488 e. The molecule has 2 rings (SSSR count). The first kappa shape index (κ1) is 15.5. The third-order valence-corrected chi connectivity index (χ3v) is 3.21. The maximum absolute atomic E-state index is 6.05. The van der Waals surface area contributed by atoms with E-state index in [2.05, 4.69) is 31.2 Å². The summed E-state index contributed by atoms with van der Waals surface area (Å²) < 4.78 is 16.6. The van der Waals surface area contributed by atoms with E-state index in [9.17, 15) is 0 Å². The second-order valence-electron chi connectivity index (χ2n) is 5.05. The van der Waals surface area contributed by atoms with Crippen molar-refractivity contribution < 1.29 is 14.2 Å². The van der Waals surface area contributed by atoms with E-state index in [0.717, 1.165) is 22.4 Å². The number of benzene rings is 2. The molecule has 0 unspecified atom stereocenters. The van der Waals surface area contributed by atoms with Gasteiger partial charge in [0.15, 0.2) is 0 Å². The van der Waals surface area contributed by atoms with Crippen LogP contribution in [0.3, 0.4) is 0 Å². The van der Waals surface area contributed by atoms with Crippen LogP contribution >= 0.6 is 0 Å². The Hall–Kier alpha value is -1.84. The SMILES string of the molecule is COCc1cc(C)cc(COC)c1OCc1ccccc1. The van der Waals surface area contributed by atoms with Crippen molar-refractivity contribution in [1.29, 1.82) is 0 Å². The largest absolute Gasteiger partial charge is 0.488 e. The summed E-state index contributed by atoms with van der Waals surface area (Å²) in [6, 6.07) is 14.3. The zero-order chi connectivity index (χ0) is 15.1. The monoisotopic (exact) mass is 286 g/mol. The van der Waals surface area contributed by atoms with Crippen molar-refractivity contribution >= 4 is 0 Å². The van der Waals surface area contributed by atoms with E-state index in [1.54, 1.807) is 14.2 Å². The molecule has 0 aliphatic rings. The Morgan fingerprint density at radius 3 is 1.90 bits per heavy atom. The molecule has 0 N–H and O–H groups in total. The van der Waals surface area contributed by atoms with Crippen LogP contribution in [0.1, 0.15) is 22.3 Å². The molecule has 0 fully saturated rings. The molecule has 0 atom stereocenters. The first-order chi connectivity index (χ1) is 10.2. The van der Waals surface area contributed by atoms with Crippen molar-refractivity contribution in [3.8, 4) is 5.75 Å². The lowest BCUT2D eigenvalue weighted by Gasteiger charge is -2.17. The van der Waals surface area contributed by atoms with E-state index in [4.69, 9.17) is 14.2 Å². The zero-order valence-corrected chi connectivity index (χ0v) is 12.9. The van der Waals surface area contributed by atoms with Gasteiger partial charge in [-0.15, -0.1) is 0 Å². The number of hydrogen-bond donors (Lipinski definition) is 0. The molecule has 0 radical (unpaired) electrons. The summed E-state index contributed by atoms with van der Waals surface area (Å²) in [7, 11) is 3.39. The fourth-order valence-electron chi connectivity index (χ4n) is 2.37. The lowest BCUT2D eigenvalue weighted by molar-refractivity contribution is 0.169. The zero-order valence-electron chi connectivity index (χ0n) is 12.9. The number of aryl methyl sites for hydroxylation is 1. The number of rotatable bonds is 7. The van der Waals surface area contributed by atoms with Gasteiger partial charge in [0.2, 0.25) is 0 Å². The normalized spacial score (nSPS) is 10.6. The molecule has 0 heterocycles. The molecule has 0 aliphatic carbocycles. The lowest BCUT2D eigenvalue weighted by Crippen LogP contribution is -2.04. The van der Waals surface area contributed by atoms with Crippen LogP contribution in [0.4, 0.5) is 0 Å². The van der Waals surface area contributed by atoms with Gasteiger partial charge in [-0.05, 0) is 12.5 Å². The second-order valence-corrected chi connectivity index (χ2v) is 5.05. The van der Waals surface area contributed by atoms with E-state index in [-0.39, 0.29) is 0 Å². The average molecular weight is 286 g/mol. The summed E-state index contributed by atoms with van der Waals surface area (Å²) in [5, 5.41) is 0. The lowest BCUT2D eigenvalue weighted by atomic mass is 10.1. The molecule has 3 nitrogen and oxygen atoms in total. The summed E-state index contributed by atoms with van der Waals surface area (Å²) in [6.45, 7) is 3.67. The maximum atomic E-state index is 6.05. The van der Waals surface area contributed by atoms with Crippen molar-refractivity contribution in [3.63, 3.8) is 0 Å². The van der Waals surface area contributed by atoms with Crippen LogP contribution in [0.25, 0.3) is 0 Å². The van der Waals surface area contributed by atoms with Crippen LogP contribution in [-0.2, 0) is 29.3 Å². The van der Waals surface area contributed by atoms with Crippen LogP contribution in [0.5, 0.6) is 5.75 Å². The molecule has 0 saturated carbocycles. The van der Waals surface area contributed by atoms with Crippen molar-refractivity contribution in [2.75, 3.05) is 14.2 Å². The van der Waals surface area contributed by atoms with E-state index in [0.29, 0.717) is 19.8 Å². The molecule has 0 bridgehead atoms. The summed E-state index contributed by atoms with van der Waals surface area (Å²) in [4.78, 5) is 0. The molecule has 0 saturated heterocycles. The van der Waals surface area contributed by atoms with E-state index in [1.165, 1.54) is 5.56 Å². The van der Waals surface area contributed by atoms with Gasteiger partial charge in [-0.3, -0.25) is 0 Å². The molecule has 0 amide bonds. The van der Waals surface area contributed by atoms with E-state index >= 15 is 0 Å². The standard InChI is InChI=1S/C18H22O3/c1-14-9-16(12-19-2)18(17(10-14)13-20-3)21-11-15-7-5-4-6-8-15/h4-10H,11-13H2,1-3H3. The molecule has 3 heteroatoms. The van der Waals surface area contributed by atoms with Gasteiger partial charge < -0.3 is 14.2 Å². The molecule has 112 valence electrons. The van der Waals surface area contributed by atoms with Gasteiger partial charge in [0, 0.05) is 25.3 Å². The van der Waals surface area contributed by atoms with Crippen LogP contribution in [-0.4, -0.2) is 14.2 Å². The van der Waals surface area contributed by atoms with Gasteiger partial charge in [-0.1, -0.05) is 48.0 Å². The average Bonchev–Trinajstić information content (AvgIpc) is 2.48. The quantitative estimate of drug-likeness (QED) is 0.773. The number of hydrogen-bond acceptors (Lipinski definition) is 3. The highest BCUT2D eigenvalue weighted by atomic mass is 16.5. The Morgan fingerprint density at radius 2 is 1.38 bits per heavy atom. The third kappa shape index (κ3) is 4.31. The van der Waals surface area contributed by atoms with Crippen LogP contribution in [0, 0.1) is 6.92 Å². The number of ether oxygens (including phenoxy) is 3. The Morgan fingerprint density at radius 1 is 0.810 bits per heavy atom. The fraction of sp³-hybridized carbons (Fsp3) is 0.333. The highest BCUT2D eigenvalue weighted by molar-refractivity contribution is 5.44. The molecular weight excluding hydrogens is 264 g/mol. The highest BCUT2D eigenvalue weighted by Crippen LogP contribution is 2.28. The van der Waals surface area contributed by atoms with Gasteiger partial charge in [-0.2, -0.15) is 0 Å². The summed E-state index contributed by atoms with van der Waals surface area (Å²) in [6.07, 6.45) is 0. The van der Waals surface area contributed by atoms with Gasteiger partial charge in [0.05, 0.1) is 13.2 Å². The predicted octanol–water partition coefficient (Wildman–Crippen LogP) is 3.87. The maximum Gasteiger partial charge on any atom is 0.130 e. The van der Waals surface area contributed by atoms with Crippen LogP contribution in [0.15, 0.2) is 42.5 Å². The van der Waals surface area contributed by atoms with Gasteiger partial charge >= 0.3 is 0 Å². The minimum atomic E-state index is 0.530. The van der Waals surface area contributed by atoms with Crippen molar-refractivity contribution in [2.45, 2.75) is 26.7 Å². The second kappa shape index (κ2) is 7.81. The Labute approximate surface area is 126 Å². The van der Waals surface area contributed by atoms with Crippen molar-refractivity contribution in [3.05, 3.63) is 64.7 Å². The predicted molar refractivity (Wildman–Crippen MR) is 83.4 cm³/mol. The molecule has 0 spiro atoms. The molecule has 2 aromatic rings. The smallest absolute Gasteiger partial charge is 0.130 e. The first-order valence-corrected chi connectivity index (χ1v) is 7.01. The number of methoxy groups -OCH3 is 2. The van der Waals surface area contributed by atoms with E-state index < -0.39 is 0 Å². The molecular formula is C18H22O3. The molecule has 21 heavy (non-hydrogen) atoms. The molecule has 0 aliphatic heterocycles. The summed E-state index contributed by atoms with van der Waals surface area (Å²) >= 11 is 0. The molecule has 0 aromatic heterocycles. The minimum absolute atomic E-state index is 0.530. The van der Waals surface area contributed by atoms with E-state index in [1.807, 2.05) is 18.2 Å². The van der Waals surface area contributed by atoms with Crippen LogP contribution < -0.4 is 4.74 Å². The van der Waals surface area contributed by atoms with Crippen molar-refractivity contribution in [1.82, 2.24) is 0 Å². The first-order valence-electron chi connectivity index (χ1n) is 7.01. The van der Waals surface area contributed by atoms with Gasteiger partial charge in [0.1, 0.15) is 12.4 Å². The topological polar surface area (TPSA) is 27.7 Å². The van der Waals surface area contributed by atoms with Crippen molar-refractivity contribution in [2.24, 2.45) is 0 Å². The fourth-order valence-corrected chi connectivity index (χ4v) is 2.37. The Balaban J connectivity index is 2.25. The van der Waals surface area contributed by atoms with Crippen LogP contribution in [0.2, 0.25) is 0 Å². The van der Waals surface area contributed by atoms with Gasteiger partial charge in [0.25, 0.3) is 0 Å². The van der Waals surface area contributed by atoms with Gasteiger partial charge in [-0.25, -0.2) is 0 Å². The Kier molecular flexibility index (Phi) is 5.78. The third-order valence-electron chi connectivity index (χ3n) is 3.21. The Bertz CT molecular complexity index is 537. The summed E-state index contributed by atoms with van der Waals surface area (Å²) in [5.74, 6) is 0.869. The summed E-state index contributed by atoms with van der Waals surface area (Å²) in [5.41, 5.74) is 4.44. The highest BCUT2D eigenvalue weighted by Gasteiger charge is 2.12. The molecule has 2 aromatic carbocycles.